The number of aromatic amines is 1. The topological polar surface area (TPSA) is 62.1 Å². The third-order valence-electron chi connectivity index (χ3n) is 2.70. The Morgan fingerprint density at radius 3 is 3.00 bits per heavy atom. The van der Waals surface area contributed by atoms with Crippen LogP contribution >= 0.6 is 0 Å². The van der Waals surface area contributed by atoms with Crippen LogP contribution in [-0.2, 0) is 0 Å². The van der Waals surface area contributed by atoms with E-state index in [0.29, 0.717) is 11.9 Å². The van der Waals surface area contributed by atoms with Crippen LogP contribution in [0.15, 0.2) is 9.32 Å². The van der Waals surface area contributed by atoms with Gasteiger partial charge < -0.3 is 4.52 Å². The number of aromatic nitrogens is 2. The summed E-state index contributed by atoms with van der Waals surface area (Å²) in [5.74, 6) is 0.529. The van der Waals surface area contributed by atoms with E-state index < -0.39 is 5.69 Å². The van der Waals surface area contributed by atoms with Crippen molar-refractivity contribution >= 4 is 0 Å². The first-order valence-electron chi connectivity index (χ1n) is 4.99. The van der Waals surface area contributed by atoms with Gasteiger partial charge in [0.2, 0.25) is 5.89 Å². The minimum Gasteiger partial charge on any atom is -0.360 e. The lowest BCUT2D eigenvalue weighted by atomic mass is 10.2. The van der Waals surface area contributed by atoms with Crippen molar-refractivity contribution in [3.05, 3.63) is 16.4 Å². The summed E-state index contributed by atoms with van der Waals surface area (Å²) >= 11 is 0. The van der Waals surface area contributed by atoms with E-state index in [0.717, 1.165) is 19.4 Å². The molecule has 1 atom stereocenters. The van der Waals surface area contributed by atoms with Gasteiger partial charge in [0, 0.05) is 6.04 Å². The van der Waals surface area contributed by atoms with Crippen molar-refractivity contribution < 1.29 is 4.52 Å². The van der Waals surface area contributed by atoms with E-state index in [9.17, 15) is 4.79 Å². The average molecular weight is 197 g/mol. The van der Waals surface area contributed by atoms with Gasteiger partial charge >= 0.3 is 5.69 Å². The second-order valence-corrected chi connectivity index (χ2v) is 3.95. The van der Waals surface area contributed by atoms with E-state index in [1.54, 1.807) is 0 Å². The van der Waals surface area contributed by atoms with E-state index in [4.69, 9.17) is 4.52 Å². The van der Waals surface area contributed by atoms with Crippen molar-refractivity contribution in [3.8, 4) is 0 Å². The van der Waals surface area contributed by atoms with E-state index in [1.807, 2.05) is 0 Å². The molecule has 0 spiro atoms. The molecule has 1 aliphatic rings. The summed E-state index contributed by atoms with van der Waals surface area (Å²) in [6.45, 7) is 5.34. The first kappa shape index (κ1) is 9.45. The molecule has 1 aromatic heterocycles. The van der Waals surface area contributed by atoms with E-state index in [1.165, 1.54) is 0 Å². The lowest BCUT2D eigenvalue weighted by molar-refractivity contribution is 0.170. The molecule has 1 aliphatic heterocycles. The normalized spacial score (nSPS) is 23.5. The number of nitrogens with zero attached hydrogens (tertiary/aromatic N) is 2. The summed E-state index contributed by atoms with van der Waals surface area (Å²) in [4.78, 5) is 17.0. The van der Waals surface area contributed by atoms with Gasteiger partial charge in [0.1, 0.15) is 0 Å². The zero-order valence-corrected chi connectivity index (χ0v) is 8.49. The zero-order chi connectivity index (χ0) is 10.1. The molecule has 5 heteroatoms. The number of H-pyrrole nitrogens is 1. The molecule has 2 rings (SSSR count). The van der Waals surface area contributed by atoms with Gasteiger partial charge in [-0.25, -0.2) is 4.79 Å². The van der Waals surface area contributed by atoms with Crippen molar-refractivity contribution in [2.45, 2.75) is 38.8 Å². The van der Waals surface area contributed by atoms with Crippen LogP contribution in [0.5, 0.6) is 0 Å². The fourth-order valence-electron chi connectivity index (χ4n) is 2.06. The maximum atomic E-state index is 10.8. The number of rotatable bonds is 2. The molecular weight excluding hydrogens is 182 g/mol. The summed E-state index contributed by atoms with van der Waals surface area (Å²) in [6.07, 6.45) is 2.16. The molecule has 0 saturated carbocycles. The van der Waals surface area contributed by atoms with Gasteiger partial charge in [-0.2, -0.15) is 10.1 Å². The predicted molar refractivity (Wildman–Crippen MR) is 50.9 cm³/mol. The lowest BCUT2D eigenvalue weighted by Gasteiger charge is -2.25. The summed E-state index contributed by atoms with van der Waals surface area (Å²) in [6, 6.07) is 0.637. The van der Waals surface area contributed by atoms with Crippen molar-refractivity contribution in [2.24, 2.45) is 0 Å². The van der Waals surface area contributed by atoms with Gasteiger partial charge in [0.25, 0.3) is 0 Å². The molecule has 0 radical (unpaired) electrons. The summed E-state index contributed by atoms with van der Waals surface area (Å²) in [7, 11) is 0. The first-order chi connectivity index (χ1) is 6.68. The number of nitrogens with one attached hydrogen (secondary N) is 1. The highest BCUT2D eigenvalue weighted by atomic mass is 16.5. The third-order valence-corrected chi connectivity index (χ3v) is 2.70. The molecule has 14 heavy (non-hydrogen) atoms. The standard InChI is InChI=1S/C9H15N3O2/c1-6(2)12-5-3-4-7(12)8-10-9(13)11-14-8/h6-7H,3-5H2,1-2H3,(H,11,13). The van der Waals surface area contributed by atoms with Gasteiger partial charge in [0.15, 0.2) is 0 Å². The zero-order valence-electron chi connectivity index (χ0n) is 8.49. The minimum atomic E-state index is -0.393. The SMILES string of the molecule is CC(C)N1CCCC1c1nc(=O)[nH]o1. The molecule has 0 aromatic carbocycles. The fourth-order valence-corrected chi connectivity index (χ4v) is 2.06. The molecule has 0 amide bonds. The van der Waals surface area contributed by atoms with Gasteiger partial charge in [-0.15, -0.1) is 0 Å². The Labute approximate surface area is 82.1 Å². The highest BCUT2D eigenvalue weighted by Crippen LogP contribution is 2.31. The highest BCUT2D eigenvalue weighted by molar-refractivity contribution is 4.93. The molecule has 1 saturated heterocycles. The van der Waals surface area contributed by atoms with Gasteiger partial charge in [-0.1, -0.05) is 0 Å². The van der Waals surface area contributed by atoms with E-state index in [2.05, 4.69) is 28.9 Å². The van der Waals surface area contributed by atoms with Gasteiger partial charge in [-0.05, 0) is 33.2 Å². The predicted octanol–water partition coefficient (Wildman–Crippen LogP) is 0.908. The molecule has 5 nitrogen and oxygen atoms in total. The molecule has 0 aliphatic carbocycles. The van der Waals surface area contributed by atoms with E-state index >= 15 is 0 Å². The summed E-state index contributed by atoms with van der Waals surface area (Å²) in [5, 5.41) is 2.24. The molecule has 1 aromatic rings. The van der Waals surface area contributed by atoms with E-state index in [-0.39, 0.29) is 6.04 Å². The molecule has 1 unspecified atom stereocenters. The molecule has 0 bridgehead atoms. The van der Waals surface area contributed by atoms with Crippen LogP contribution in [0.25, 0.3) is 0 Å². The van der Waals surface area contributed by atoms with Crippen LogP contribution in [-0.4, -0.2) is 27.6 Å². The number of hydrogen-bond acceptors (Lipinski definition) is 4. The van der Waals surface area contributed by atoms with Crippen molar-refractivity contribution in [1.29, 1.82) is 0 Å². The van der Waals surface area contributed by atoms with Crippen LogP contribution in [0, 0.1) is 0 Å². The minimum absolute atomic E-state index is 0.175. The van der Waals surface area contributed by atoms with Crippen molar-refractivity contribution in [2.75, 3.05) is 6.54 Å². The van der Waals surface area contributed by atoms with Crippen LogP contribution in [0.3, 0.4) is 0 Å². The third kappa shape index (κ3) is 1.59. The maximum absolute atomic E-state index is 10.8. The van der Waals surface area contributed by atoms with Crippen LogP contribution in [0.1, 0.15) is 38.6 Å². The smallest absolute Gasteiger partial charge is 0.360 e. The molecular formula is C9H15N3O2. The Bertz CT molecular complexity index is 355. The second-order valence-electron chi connectivity index (χ2n) is 3.95. The average Bonchev–Trinajstić information content (AvgIpc) is 2.70. The fraction of sp³-hybridized carbons (Fsp3) is 0.778. The van der Waals surface area contributed by atoms with Crippen LogP contribution in [0.2, 0.25) is 0 Å². The van der Waals surface area contributed by atoms with Gasteiger partial charge in [-0.3, -0.25) is 4.90 Å². The van der Waals surface area contributed by atoms with Crippen molar-refractivity contribution in [3.63, 3.8) is 0 Å². The lowest BCUT2D eigenvalue weighted by Crippen LogP contribution is -2.30. The monoisotopic (exact) mass is 197 g/mol. The number of hydrogen-bond donors (Lipinski definition) is 1. The summed E-state index contributed by atoms with van der Waals surface area (Å²) < 4.78 is 5.04. The van der Waals surface area contributed by atoms with Crippen LogP contribution in [0.4, 0.5) is 0 Å². The Balaban J connectivity index is 2.21. The Kier molecular flexibility index (Phi) is 2.41. The highest BCUT2D eigenvalue weighted by Gasteiger charge is 2.31. The molecule has 1 N–H and O–H groups in total. The second kappa shape index (κ2) is 3.57. The molecule has 1 fully saturated rings. The maximum Gasteiger partial charge on any atom is 0.377 e. The molecule has 78 valence electrons. The Morgan fingerprint density at radius 1 is 1.64 bits per heavy atom. The van der Waals surface area contributed by atoms with Crippen molar-refractivity contribution in [1.82, 2.24) is 15.0 Å². The van der Waals surface area contributed by atoms with Crippen LogP contribution < -0.4 is 5.69 Å². The first-order valence-corrected chi connectivity index (χ1v) is 4.99. The number of likely N-dealkylation sites (tertiary alicyclic amines) is 1. The summed E-state index contributed by atoms with van der Waals surface area (Å²) in [5.41, 5.74) is -0.393. The Hall–Kier alpha value is -1.10. The largest absolute Gasteiger partial charge is 0.377 e. The Morgan fingerprint density at radius 2 is 2.43 bits per heavy atom. The van der Waals surface area contributed by atoms with Gasteiger partial charge in [0.05, 0.1) is 6.04 Å². The quantitative estimate of drug-likeness (QED) is 0.765. The molecule has 2 heterocycles.